The second-order valence-corrected chi connectivity index (χ2v) is 14.5. The van der Waals surface area contributed by atoms with Gasteiger partial charge in [-0.2, -0.15) is 0 Å². The summed E-state index contributed by atoms with van der Waals surface area (Å²) in [6.07, 6.45) is 0. The highest BCUT2D eigenvalue weighted by Crippen LogP contribution is 2.47. The van der Waals surface area contributed by atoms with Crippen LogP contribution in [-0.2, 0) is 0 Å². The van der Waals surface area contributed by atoms with Crippen LogP contribution in [0.5, 0.6) is 0 Å². The van der Waals surface area contributed by atoms with Crippen LogP contribution in [0.25, 0.3) is 82.1 Å². The first-order valence-electron chi connectivity index (χ1n) is 19.3. The summed E-state index contributed by atoms with van der Waals surface area (Å²) in [6.45, 7) is 0. The van der Waals surface area contributed by atoms with E-state index >= 15 is 0 Å². The molecule has 2 nitrogen and oxygen atoms in total. The Morgan fingerprint density at radius 1 is 0.321 bits per heavy atom. The molecule has 0 fully saturated rings. The van der Waals surface area contributed by atoms with Gasteiger partial charge in [0, 0.05) is 33.1 Å². The molecule has 0 aliphatic heterocycles. The Morgan fingerprint density at radius 2 is 0.875 bits per heavy atom. The number of hydrogen-bond acceptors (Lipinski definition) is 1. The Bertz CT molecular complexity index is 3180. The van der Waals surface area contributed by atoms with Crippen LogP contribution in [0.3, 0.4) is 0 Å². The topological polar surface area (TPSA) is 8.17 Å². The molecule has 0 spiro atoms. The van der Waals surface area contributed by atoms with Gasteiger partial charge in [-0.05, 0) is 92.2 Å². The highest BCUT2D eigenvalue weighted by atomic mass is 15.1. The fraction of sp³-hybridized carbons (Fsp3) is 0. The first kappa shape index (κ1) is 32.0. The van der Waals surface area contributed by atoms with Crippen molar-refractivity contribution in [3.63, 3.8) is 0 Å². The molecule has 0 unspecified atom stereocenters. The lowest BCUT2D eigenvalue weighted by Gasteiger charge is -2.30. The van der Waals surface area contributed by atoms with Crippen molar-refractivity contribution in [2.75, 3.05) is 4.90 Å². The van der Waals surface area contributed by atoms with Gasteiger partial charge < -0.3 is 9.47 Å². The average Bonchev–Trinajstić information content (AvgIpc) is 3.61. The molecule has 0 amide bonds. The smallest absolute Gasteiger partial charge is 0.0552 e. The summed E-state index contributed by atoms with van der Waals surface area (Å²) in [4.78, 5) is 2.47. The first-order chi connectivity index (χ1) is 27.8. The minimum absolute atomic E-state index is 1.10. The van der Waals surface area contributed by atoms with E-state index in [9.17, 15) is 0 Å². The number of benzene rings is 10. The van der Waals surface area contributed by atoms with Crippen molar-refractivity contribution in [1.29, 1.82) is 0 Å². The monoisotopic (exact) mass is 712 g/mol. The molecule has 56 heavy (non-hydrogen) atoms. The molecule has 262 valence electrons. The minimum atomic E-state index is 1.10. The number of hydrogen-bond donors (Lipinski definition) is 0. The number of rotatable bonds is 6. The van der Waals surface area contributed by atoms with Crippen molar-refractivity contribution in [2.45, 2.75) is 0 Å². The van der Waals surface area contributed by atoms with E-state index in [0.717, 1.165) is 22.7 Å². The minimum Gasteiger partial charge on any atom is -0.309 e. The zero-order valence-corrected chi connectivity index (χ0v) is 30.7. The standard InChI is InChI=1S/C54H36N2/c1-2-14-39(15-3-1)45-19-8-11-23-50(45)56(53-36-41-17-5-6-18-44(41)49-35-30-40-16-4-7-20-46(40)54(49)53)43-33-28-38(29-34-43)37-26-31-42(32-27-37)55-51-24-12-9-21-47(51)48-22-10-13-25-52(48)55/h1-36H. The molecule has 10 aromatic carbocycles. The van der Waals surface area contributed by atoms with Gasteiger partial charge in [-0.3, -0.25) is 0 Å². The van der Waals surface area contributed by atoms with E-state index in [1.165, 1.54) is 76.4 Å². The van der Waals surface area contributed by atoms with Crippen LogP contribution in [0.4, 0.5) is 17.1 Å². The van der Waals surface area contributed by atoms with Crippen molar-refractivity contribution in [3.05, 3.63) is 218 Å². The molecule has 0 aliphatic carbocycles. The molecule has 1 heterocycles. The fourth-order valence-corrected chi connectivity index (χ4v) is 8.78. The van der Waals surface area contributed by atoms with E-state index in [1.807, 2.05) is 0 Å². The fourth-order valence-electron chi connectivity index (χ4n) is 8.78. The van der Waals surface area contributed by atoms with Crippen LogP contribution in [0.1, 0.15) is 0 Å². The summed E-state index contributed by atoms with van der Waals surface area (Å²) in [5.74, 6) is 0. The van der Waals surface area contributed by atoms with Gasteiger partial charge in [-0.1, -0.05) is 170 Å². The maximum absolute atomic E-state index is 2.47. The van der Waals surface area contributed by atoms with Crippen LogP contribution in [-0.4, -0.2) is 4.57 Å². The Labute approximate surface area is 325 Å². The average molecular weight is 713 g/mol. The molecule has 11 rings (SSSR count). The van der Waals surface area contributed by atoms with Crippen molar-refractivity contribution in [2.24, 2.45) is 0 Å². The zero-order valence-electron chi connectivity index (χ0n) is 30.7. The highest BCUT2D eigenvalue weighted by molar-refractivity contribution is 6.24. The molecular formula is C54H36N2. The van der Waals surface area contributed by atoms with Crippen molar-refractivity contribution >= 4 is 71.2 Å². The zero-order chi connectivity index (χ0) is 37.0. The van der Waals surface area contributed by atoms with Crippen LogP contribution in [0.15, 0.2) is 218 Å². The lowest BCUT2D eigenvalue weighted by molar-refractivity contribution is 1.18. The van der Waals surface area contributed by atoms with Crippen LogP contribution in [0.2, 0.25) is 0 Å². The molecular weight excluding hydrogens is 677 g/mol. The van der Waals surface area contributed by atoms with Gasteiger partial charge in [0.2, 0.25) is 0 Å². The van der Waals surface area contributed by atoms with E-state index in [-0.39, 0.29) is 0 Å². The Balaban J connectivity index is 1.08. The lowest BCUT2D eigenvalue weighted by Crippen LogP contribution is -2.12. The second-order valence-electron chi connectivity index (χ2n) is 14.5. The molecule has 1 aromatic heterocycles. The summed E-state index contributed by atoms with van der Waals surface area (Å²) < 4.78 is 2.37. The van der Waals surface area contributed by atoms with E-state index in [4.69, 9.17) is 0 Å². The summed E-state index contributed by atoms with van der Waals surface area (Å²) >= 11 is 0. The van der Waals surface area contributed by atoms with Gasteiger partial charge in [0.25, 0.3) is 0 Å². The quantitative estimate of drug-likeness (QED) is 0.156. The van der Waals surface area contributed by atoms with Gasteiger partial charge in [0.05, 0.1) is 22.4 Å². The van der Waals surface area contributed by atoms with Gasteiger partial charge >= 0.3 is 0 Å². The molecule has 11 aromatic rings. The number of anilines is 3. The molecule has 0 radical (unpaired) electrons. The molecule has 0 atom stereocenters. The molecule has 0 saturated carbocycles. The summed E-state index contributed by atoms with van der Waals surface area (Å²) in [5, 5.41) is 9.98. The maximum atomic E-state index is 2.47. The number of nitrogens with zero attached hydrogens (tertiary/aromatic N) is 2. The van der Waals surface area contributed by atoms with Crippen LogP contribution >= 0.6 is 0 Å². The summed E-state index contributed by atoms with van der Waals surface area (Å²) in [7, 11) is 0. The second kappa shape index (κ2) is 13.2. The van der Waals surface area contributed by atoms with Gasteiger partial charge in [0.15, 0.2) is 0 Å². The Morgan fingerprint density at radius 3 is 1.59 bits per heavy atom. The molecule has 0 bridgehead atoms. The van der Waals surface area contributed by atoms with Crippen molar-refractivity contribution in [1.82, 2.24) is 4.57 Å². The largest absolute Gasteiger partial charge is 0.309 e. The van der Waals surface area contributed by atoms with Crippen LogP contribution in [0, 0.1) is 0 Å². The Kier molecular flexibility index (Phi) is 7.53. The normalized spacial score (nSPS) is 11.6. The van der Waals surface area contributed by atoms with Gasteiger partial charge in [-0.25, -0.2) is 0 Å². The van der Waals surface area contributed by atoms with E-state index in [2.05, 4.69) is 228 Å². The Hall–Kier alpha value is -7.42. The predicted octanol–water partition coefficient (Wildman–Crippen LogP) is 15.0. The van der Waals surface area contributed by atoms with E-state index in [0.29, 0.717) is 0 Å². The molecule has 0 saturated heterocycles. The third-order valence-electron chi connectivity index (χ3n) is 11.4. The van der Waals surface area contributed by atoms with Crippen molar-refractivity contribution < 1.29 is 0 Å². The van der Waals surface area contributed by atoms with Crippen LogP contribution < -0.4 is 4.90 Å². The maximum Gasteiger partial charge on any atom is 0.0552 e. The van der Waals surface area contributed by atoms with Gasteiger partial charge in [0.1, 0.15) is 0 Å². The number of fused-ring (bicyclic) bond motifs is 8. The lowest BCUT2D eigenvalue weighted by atomic mass is 9.93. The molecule has 0 aliphatic rings. The first-order valence-corrected chi connectivity index (χ1v) is 19.3. The number of aromatic nitrogens is 1. The molecule has 2 heteroatoms. The third-order valence-corrected chi connectivity index (χ3v) is 11.4. The summed E-state index contributed by atoms with van der Waals surface area (Å²) in [6, 6.07) is 79.5. The molecule has 0 N–H and O–H groups in total. The van der Waals surface area contributed by atoms with Gasteiger partial charge in [-0.15, -0.1) is 0 Å². The third kappa shape index (κ3) is 5.19. The predicted molar refractivity (Wildman–Crippen MR) is 239 cm³/mol. The van der Waals surface area contributed by atoms with Crippen molar-refractivity contribution in [3.8, 4) is 27.9 Å². The van der Waals surface area contributed by atoms with E-state index < -0.39 is 0 Å². The highest BCUT2D eigenvalue weighted by Gasteiger charge is 2.22. The van der Waals surface area contributed by atoms with E-state index in [1.54, 1.807) is 0 Å². The number of para-hydroxylation sites is 3. The SMILES string of the molecule is c1ccc(-c2ccccc2N(c2ccc(-c3ccc(-n4c5ccccc5c5ccccc54)cc3)cc2)c2cc3ccccc3c3ccc4ccccc4c23)cc1. The summed E-state index contributed by atoms with van der Waals surface area (Å²) in [5.41, 5.74) is 11.7.